The second kappa shape index (κ2) is 10.8. The van der Waals surface area contributed by atoms with Crippen LogP contribution >= 0.6 is 0 Å². The van der Waals surface area contributed by atoms with Crippen LogP contribution in [0.15, 0.2) is 41.0 Å². The molecule has 0 aliphatic heterocycles. The van der Waals surface area contributed by atoms with Crippen molar-refractivity contribution in [1.29, 1.82) is 0 Å². The summed E-state index contributed by atoms with van der Waals surface area (Å²) in [5.74, 6) is 0. The molecule has 1 atom stereocenters. The second-order valence-electron chi connectivity index (χ2n) is 6.55. The van der Waals surface area contributed by atoms with Crippen LogP contribution in [0.3, 0.4) is 0 Å². The quantitative estimate of drug-likeness (QED) is 0.483. The van der Waals surface area contributed by atoms with Gasteiger partial charge in [-0.1, -0.05) is 58.0 Å². The van der Waals surface area contributed by atoms with E-state index in [-0.39, 0.29) is 55.3 Å². The molecular formula is C20H26Cl2NSiTi. The summed E-state index contributed by atoms with van der Waals surface area (Å²) in [5, 5.41) is 1.56. The minimum absolute atomic E-state index is 0. The molecule has 1 unspecified atom stereocenters. The summed E-state index contributed by atoms with van der Waals surface area (Å²) in [4.78, 5) is 3.06. The fourth-order valence-electron chi connectivity index (χ4n) is 2.87. The maximum Gasteiger partial charge on any atom is 4.00 e. The van der Waals surface area contributed by atoms with E-state index in [1.807, 2.05) is 12.1 Å². The van der Waals surface area contributed by atoms with Crippen LogP contribution < -0.4 is 24.8 Å². The van der Waals surface area contributed by atoms with E-state index < -0.39 is 0 Å². The first-order chi connectivity index (χ1) is 10.3. The van der Waals surface area contributed by atoms with Crippen molar-refractivity contribution in [2.24, 2.45) is 0 Å². The van der Waals surface area contributed by atoms with Crippen LogP contribution in [0.25, 0.3) is 10.9 Å². The van der Waals surface area contributed by atoms with Crippen molar-refractivity contribution in [3.63, 3.8) is 0 Å². The topological polar surface area (TPSA) is 15.8 Å². The Bertz CT molecular complexity index is 749. The molecule has 0 bridgehead atoms. The van der Waals surface area contributed by atoms with E-state index in [4.69, 9.17) is 0 Å². The number of hydrogen-bond donors (Lipinski definition) is 1. The first kappa shape index (κ1) is 27.0. The number of allylic oxidation sites excluding steroid dienone is 4. The molecule has 5 heteroatoms. The molecule has 1 N–H and O–H groups in total. The molecule has 1 heterocycles. The molecular weight excluding hydrogens is 401 g/mol. The third-order valence-electron chi connectivity index (χ3n) is 5.03. The third-order valence-corrected chi connectivity index (χ3v) is 7.53. The van der Waals surface area contributed by atoms with Crippen LogP contribution in [0.4, 0.5) is 0 Å². The number of rotatable bonds is 1. The largest absolute Gasteiger partial charge is 4.00 e. The summed E-state index contributed by atoms with van der Waals surface area (Å²) in [6.45, 7) is 15.8. The number of aryl methyl sites for hydroxylation is 1. The van der Waals surface area contributed by atoms with Crippen LogP contribution in [0.2, 0.25) is 18.1 Å². The zero-order valence-corrected chi connectivity index (χ0v) is 20.1. The predicted molar refractivity (Wildman–Crippen MR) is 98.5 cm³/mol. The number of halogens is 2. The normalized spacial score (nSPS) is 18.6. The number of fused-ring (bicyclic) bond motifs is 1. The average molecular weight is 427 g/mol. The van der Waals surface area contributed by atoms with E-state index in [0.29, 0.717) is 5.04 Å². The van der Waals surface area contributed by atoms with Crippen LogP contribution in [-0.2, 0) is 21.7 Å². The first-order valence-corrected chi connectivity index (χ1v) is 10.3. The van der Waals surface area contributed by atoms with Crippen LogP contribution in [-0.4, -0.2) is 13.8 Å². The van der Waals surface area contributed by atoms with Gasteiger partial charge in [-0.05, 0) is 0 Å². The summed E-state index contributed by atoms with van der Waals surface area (Å²) in [5.41, 5.74) is 6.72. The Morgan fingerprint density at radius 2 is 1.56 bits per heavy atom. The van der Waals surface area contributed by atoms with Gasteiger partial charge in [-0.2, -0.15) is 22.1 Å². The number of aromatic nitrogens is 1. The monoisotopic (exact) mass is 426 g/mol. The molecule has 0 saturated heterocycles. The van der Waals surface area contributed by atoms with Gasteiger partial charge in [-0.15, -0.1) is 30.8 Å². The Morgan fingerprint density at radius 1 is 1.00 bits per heavy atom. The molecule has 133 valence electrons. The maximum atomic E-state index is 3.62. The SMILES string of the molecule is CC1=[C-]C(C)([Si](C)C)C(C)=C1C.Cc1[c-][nH]c2ccccc12.[Cl-].[Cl-].[Ti+4]. The number of aromatic amines is 1. The minimum Gasteiger partial charge on any atom is -1.00 e. The molecule has 1 aromatic heterocycles. The van der Waals surface area contributed by atoms with Crippen LogP contribution in [0, 0.1) is 19.2 Å². The number of H-pyrrole nitrogens is 1. The fourth-order valence-corrected chi connectivity index (χ4v) is 4.24. The van der Waals surface area contributed by atoms with Gasteiger partial charge in [0.05, 0.1) is 0 Å². The molecule has 1 aliphatic carbocycles. The van der Waals surface area contributed by atoms with Crippen molar-refractivity contribution in [3.05, 3.63) is 58.8 Å². The van der Waals surface area contributed by atoms with E-state index in [2.05, 4.69) is 77.1 Å². The van der Waals surface area contributed by atoms with Crippen molar-refractivity contribution < 1.29 is 46.5 Å². The predicted octanol–water partition coefficient (Wildman–Crippen LogP) is -0.117. The number of para-hydroxylation sites is 1. The van der Waals surface area contributed by atoms with Crippen molar-refractivity contribution >= 4 is 19.7 Å². The van der Waals surface area contributed by atoms with E-state index in [1.165, 1.54) is 27.6 Å². The van der Waals surface area contributed by atoms with Crippen LogP contribution in [0.1, 0.15) is 33.3 Å². The molecule has 0 saturated carbocycles. The van der Waals surface area contributed by atoms with Crippen molar-refractivity contribution in [2.75, 3.05) is 0 Å². The standard InChI is InChI=1S/C11H18Si.C9H8N.2ClH.Ti/c1-8-7-11(4,12(5)6)10(3)9(8)2;1-7-6-10-9-5-3-2-4-8(7)9;;;/h1-6H3;2-5,10H,1H3;2*1H;/q2*-1;;;+4/p-2. The Labute approximate surface area is 182 Å². The number of hydrogen-bond acceptors (Lipinski definition) is 0. The summed E-state index contributed by atoms with van der Waals surface area (Å²) in [6.07, 6.45) is 6.67. The van der Waals surface area contributed by atoms with E-state index in [9.17, 15) is 0 Å². The number of nitrogens with one attached hydrogen (secondary N) is 1. The van der Waals surface area contributed by atoms with Gasteiger partial charge in [-0.25, -0.2) is 5.57 Å². The molecule has 0 fully saturated rings. The molecule has 25 heavy (non-hydrogen) atoms. The average Bonchev–Trinajstić information content (AvgIpc) is 2.96. The van der Waals surface area contributed by atoms with Gasteiger partial charge in [-0.3, -0.25) is 6.08 Å². The van der Waals surface area contributed by atoms with Crippen LogP contribution in [0.5, 0.6) is 0 Å². The smallest absolute Gasteiger partial charge is 1.00 e. The molecule has 3 rings (SSSR count). The first-order valence-electron chi connectivity index (χ1n) is 7.83. The Hall–Kier alpha value is -0.249. The van der Waals surface area contributed by atoms with Gasteiger partial charge in [0.15, 0.2) is 0 Å². The summed E-state index contributed by atoms with van der Waals surface area (Å²) >= 11 is 0. The van der Waals surface area contributed by atoms with Gasteiger partial charge >= 0.3 is 21.7 Å². The molecule has 0 spiro atoms. The Kier molecular flexibility index (Phi) is 11.6. The van der Waals surface area contributed by atoms with E-state index in [0.717, 1.165) is 0 Å². The van der Waals surface area contributed by atoms with Crippen molar-refractivity contribution in [1.82, 2.24) is 4.98 Å². The van der Waals surface area contributed by atoms with Gasteiger partial charge in [0.25, 0.3) is 0 Å². The third kappa shape index (κ3) is 5.61. The summed E-state index contributed by atoms with van der Waals surface area (Å²) < 4.78 is 0. The van der Waals surface area contributed by atoms with Gasteiger partial charge in [0.1, 0.15) is 0 Å². The zero-order valence-electron chi connectivity index (χ0n) is 16.1. The molecule has 1 aromatic carbocycles. The van der Waals surface area contributed by atoms with E-state index >= 15 is 0 Å². The Morgan fingerprint density at radius 3 is 1.96 bits per heavy atom. The molecule has 1 nitrogen and oxygen atoms in total. The summed E-state index contributed by atoms with van der Waals surface area (Å²) in [7, 11) is -0.314. The second-order valence-corrected chi connectivity index (χ2v) is 9.55. The van der Waals surface area contributed by atoms with Crippen molar-refractivity contribution in [2.45, 2.75) is 52.8 Å². The molecule has 1 radical (unpaired) electrons. The van der Waals surface area contributed by atoms with E-state index in [1.54, 1.807) is 5.57 Å². The Balaban J connectivity index is 0. The molecule has 0 amide bonds. The fraction of sp³-hybridized carbons (Fsp3) is 0.400. The number of benzene rings is 1. The summed E-state index contributed by atoms with van der Waals surface area (Å²) in [6, 6.07) is 8.21. The van der Waals surface area contributed by atoms with Gasteiger partial charge in [0, 0.05) is 8.80 Å². The maximum absolute atomic E-state index is 3.62. The minimum atomic E-state index is -0.314. The molecule has 1 aliphatic rings. The zero-order chi connectivity index (χ0) is 16.5. The molecule has 2 aromatic rings. The van der Waals surface area contributed by atoms with Crippen molar-refractivity contribution in [3.8, 4) is 0 Å². The van der Waals surface area contributed by atoms with Gasteiger partial charge in [0.2, 0.25) is 0 Å². The van der Waals surface area contributed by atoms with Gasteiger partial charge < -0.3 is 29.8 Å².